The monoisotopic (exact) mass is 228 g/mol. The van der Waals surface area contributed by atoms with E-state index in [2.05, 4.69) is 15.9 Å². The zero-order valence-electron chi connectivity index (χ0n) is 6.71. The van der Waals surface area contributed by atoms with Gasteiger partial charge in [0, 0.05) is 10.0 Å². The SMILES string of the molecule is COc1cc(Br)ccc1[C@H]1CO1. The lowest BCUT2D eigenvalue weighted by molar-refractivity contribution is 0.383. The van der Waals surface area contributed by atoms with Crippen molar-refractivity contribution in [1.29, 1.82) is 0 Å². The van der Waals surface area contributed by atoms with Crippen molar-refractivity contribution in [3.8, 4) is 5.75 Å². The molecular formula is C9H9BrO2. The number of halogens is 1. The Morgan fingerprint density at radius 3 is 2.92 bits per heavy atom. The summed E-state index contributed by atoms with van der Waals surface area (Å²) in [4.78, 5) is 0. The molecule has 1 fully saturated rings. The summed E-state index contributed by atoms with van der Waals surface area (Å²) in [6.07, 6.45) is 0.257. The summed E-state index contributed by atoms with van der Waals surface area (Å²) >= 11 is 3.39. The Morgan fingerprint density at radius 1 is 1.58 bits per heavy atom. The fraction of sp³-hybridized carbons (Fsp3) is 0.333. The van der Waals surface area contributed by atoms with Gasteiger partial charge in [0.25, 0.3) is 0 Å². The van der Waals surface area contributed by atoms with Gasteiger partial charge in [-0.05, 0) is 12.1 Å². The van der Waals surface area contributed by atoms with Gasteiger partial charge < -0.3 is 9.47 Å². The highest BCUT2D eigenvalue weighted by Gasteiger charge is 2.27. The summed E-state index contributed by atoms with van der Waals surface area (Å²) in [5, 5.41) is 0. The van der Waals surface area contributed by atoms with E-state index in [4.69, 9.17) is 9.47 Å². The highest BCUT2D eigenvalue weighted by Crippen LogP contribution is 2.37. The molecule has 0 saturated carbocycles. The van der Waals surface area contributed by atoms with E-state index in [1.807, 2.05) is 18.2 Å². The smallest absolute Gasteiger partial charge is 0.125 e. The van der Waals surface area contributed by atoms with Crippen LogP contribution in [0.4, 0.5) is 0 Å². The maximum absolute atomic E-state index is 5.22. The summed E-state index contributed by atoms with van der Waals surface area (Å²) in [5.41, 5.74) is 1.14. The standard InChI is InChI=1S/C9H9BrO2/c1-11-8-4-6(10)2-3-7(8)9-5-12-9/h2-4,9H,5H2,1H3/t9-/m1/s1. The van der Waals surface area contributed by atoms with E-state index in [-0.39, 0.29) is 6.10 Å². The third kappa shape index (κ3) is 1.47. The molecule has 64 valence electrons. The number of methoxy groups -OCH3 is 1. The van der Waals surface area contributed by atoms with Crippen molar-refractivity contribution in [2.24, 2.45) is 0 Å². The molecule has 0 amide bonds. The number of benzene rings is 1. The third-order valence-electron chi connectivity index (χ3n) is 1.88. The molecule has 12 heavy (non-hydrogen) atoms. The van der Waals surface area contributed by atoms with Gasteiger partial charge >= 0.3 is 0 Å². The van der Waals surface area contributed by atoms with E-state index in [9.17, 15) is 0 Å². The van der Waals surface area contributed by atoms with Gasteiger partial charge in [-0.15, -0.1) is 0 Å². The van der Waals surface area contributed by atoms with Crippen molar-refractivity contribution in [3.63, 3.8) is 0 Å². The molecule has 1 aliphatic rings. The molecule has 2 rings (SSSR count). The predicted octanol–water partition coefficient (Wildman–Crippen LogP) is 2.53. The quantitative estimate of drug-likeness (QED) is 0.727. The topological polar surface area (TPSA) is 21.8 Å². The van der Waals surface area contributed by atoms with Crippen LogP contribution in [0.1, 0.15) is 11.7 Å². The second-order valence-electron chi connectivity index (χ2n) is 2.71. The molecule has 0 aromatic heterocycles. The first kappa shape index (κ1) is 8.08. The van der Waals surface area contributed by atoms with Crippen molar-refractivity contribution in [3.05, 3.63) is 28.2 Å². The first-order chi connectivity index (χ1) is 5.81. The van der Waals surface area contributed by atoms with Crippen LogP contribution in [0.5, 0.6) is 5.75 Å². The van der Waals surface area contributed by atoms with Gasteiger partial charge in [0.05, 0.1) is 13.7 Å². The second kappa shape index (κ2) is 3.07. The van der Waals surface area contributed by atoms with Crippen LogP contribution in [-0.4, -0.2) is 13.7 Å². The van der Waals surface area contributed by atoms with Crippen LogP contribution in [0.25, 0.3) is 0 Å². The molecule has 3 heteroatoms. The maximum Gasteiger partial charge on any atom is 0.125 e. The zero-order chi connectivity index (χ0) is 8.55. The van der Waals surface area contributed by atoms with Crippen molar-refractivity contribution in [2.75, 3.05) is 13.7 Å². The van der Waals surface area contributed by atoms with Crippen LogP contribution < -0.4 is 4.74 Å². The summed E-state index contributed by atoms with van der Waals surface area (Å²) in [6.45, 7) is 0.817. The van der Waals surface area contributed by atoms with E-state index >= 15 is 0 Å². The van der Waals surface area contributed by atoms with Gasteiger partial charge in [-0.25, -0.2) is 0 Å². The normalized spacial score (nSPS) is 20.7. The van der Waals surface area contributed by atoms with Crippen LogP contribution in [0.15, 0.2) is 22.7 Å². The lowest BCUT2D eigenvalue weighted by Gasteiger charge is -2.05. The minimum Gasteiger partial charge on any atom is -0.496 e. The van der Waals surface area contributed by atoms with Crippen molar-refractivity contribution >= 4 is 15.9 Å². The molecule has 2 nitrogen and oxygen atoms in total. The molecule has 1 aliphatic heterocycles. The van der Waals surface area contributed by atoms with Gasteiger partial charge in [-0.2, -0.15) is 0 Å². The van der Waals surface area contributed by atoms with Crippen LogP contribution >= 0.6 is 15.9 Å². The minimum absolute atomic E-state index is 0.257. The molecular weight excluding hydrogens is 220 g/mol. The van der Waals surface area contributed by atoms with Crippen molar-refractivity contribution in [1.82, 2.24) is 0 Å². The average Bonchev–Trinajstić information content (AvgIpc) is 2.87. The zero-order valence-corrected chi connectivity index (χ0v) is 8.30. The molecule has 1 aromatic carbocycles. The number of rotatable bonds is 2. The van der Waals surface area contributed by atoms with Gasteiger partial charge in [-0.3, -0.25) is 0 Å². The Kier molecular flexibility index (Phi) is 2.07. The second-order valence-corrected chi connectivity index (χ2v) is 3.62. The lowest BCUT2D eigenvalue weighted by Crippen LogP contribution is -1.89. The maximum atomic E-state index is 5.22. The van der Waals surface area contributed by atoms with Crippen molar-refractivity contribution < 1.29 is 9.47 Å². The Balaban J connectivity index is 2.38. The van der Waals surface area contributed by atoms with Crippen LogP contribution in [-0.2, 0) is 4.74 Å². The molecule has 0 bridgehead atoms. The molecule has 1 heterocycles. The highest BCUT2D eigenvalue weighted by molar-refractivity contribution is 9.10. The first-order valence-corrected chi connectivity index (χ1v) is 4.55. The molecule has 0 aliphatic carbocycles. The lowest BCUT2D eigenvalue weighted by atomic mass is 10.1. The van der Waals surface area contributed by atoms with Gasteiger partial charge in [0.15, 0.2) is 0 Å². The number of hydrogen-bond acceptors (Lipinski definition) is 2. The van der Waals surface area contributed by atoms with Crippen LogP contribution in [0.2, 0.25) is 0 Å². The van der Waals surface area contributed by atoms with Crippen LogP contribution in [0.3, 0.4) is 0 Å². The number of ether oxygens (including phenoxy) is 2. The Labute approximate surface area is 79.6 Å². The molecule has 1 aromatic rings. The predicted molar refractivity (Wildman–Crippen MR) is 49.4 cm³/mol. The molecule has 1 saturated heterocycles. The van der Waals surface area contributed by atoms with E-state index < -0.39 is 0 Å². The van der Waals surface area contributed by atoms with Crippen molar-refractivity contribution in [2.45, 2.75) is 6.10 Å². The first-order valence-electron chi connectivity index (χ1n) is 3.76. The van der Waals surface area contributed by atoms with Crippen LogP contribution in [0, 0.1) is 0 Å². The van der Waals surface area contributed by atoms with Gasteiger partial charge in [0.2, 0.25) is 0 Å². The summed E-state index contributed by atoms with van der Waals surface area (Å²) in [7, 11) is 1.67. The van der Waals surface area contributed by atoms with Gasteiger partial charge in [-0.1, -0.05) is 22.0 Å². The van der Waals surface area contributed by atoms with Gasteiger partial charge in [0.1, 0.15) is 11.9 Å². The molecule has 0 radical (unpaired) electrons. The Hall–Kier alpha value is -0.540. The minimum atomic E-state index is 0.257. The summed E-state index contributed by atoms with van der Waals surface area (Å²) in [6, 6.07) is 5.98. The fourth-order valence-electron chi connectivity index (χ4n) is 1.18. The number of epoxide rings is 1. The molecule has 0 spiro atoms. The van der Waals surface area contributed by atoms with E-state index in [0.717, 1.165) is 22.4 Å². The Morgan fingerprint density at radius 2 is 2.33 bits per heavy atom. The highest BCUT2D eigenvalue weighted by atomic mass is 79.9. The van der Waals surface area contributed by atoms with E-state index in [1.165, 1.54) is 0 Å². The molecule has 0 unspecified atom stereocenters. The van der Waals surface area contributed by atoms with E-state index in [0.29, 0.717) is 0 Å². The summed E-state index contributed by atoms with van der Waals surface area (Å²) < 4.78 is 11.4. The molecule has 1 atom stereocenters. The summed E-state index contributed by atoms with van der Waals surface area (Å²) in [5.74, 6) is 0.895. The van der Waals surface area contributed by atoms with E-state index in [1.54, 1.807) is 7.11 Å². The Bertz CT molecular complexity index is 295. The number of hydrogen-bond donors (Lipinski definition) is 0. The molecule has 0 N–H and O–H groups in total. The largest absolute Gasteiger partial charge is 0.496 e. The fourth-order valence-corrected chi connectivity index (χ4v) is 1.52. The third-order valence-corrected chi connectivity index (χ3v) is 2.37. The average molecular weight is 229 g/mol.